The molecule has 0 bridgehead atoms. The van der Waals surface area contributed by atoms with Crippen LogP contribution in [0.2, 0.25) is 0 Å². The molecule has 3 saturated heterocycles. The predicted octanol–water partition coefficient (Wildman–Crippen LogP) is 2.35. The van der Waals surface area contributed by atoms with E-state index >= 15 is 0 Å². The normalized spacial score (nSPS) is 30.0. The van der Waals surface area contributed by atoms with Crippen molar-refractivity contribution in [2.75, 3.05) is 45.8 Å². The minimum absolute atomic E-state index is 0.701. The van der Waals surface area contributed by atoms with E-state index in [2.05, 4.69) is 47.0 Å². The van der Waals surface area contributed by atoms with E-state index in [4.69, 9.17) is 0 Å². The molecule has 0 N–H and O–H groups in total. The summed E-state index contributed by atoms with van der Waals surface area (Å²) >= 11 is 0. The van der Waals surface area contributed by atoms with Crippen LogP contribution in [0.3, 0.4) is 0 Å². The van der Waals surface area contributed by atoms with Crippen molar-refractivity contribution in [2.24, 2.45) is 0 Å². The molecule has 3 fully saturated rings. The molecule has 0 saturated carbocycles. The third kappa shape index (κ3) is 4.68. The molecule has 2 radical (unpaired) electrons. The van der Waals surface area contributed by atoms with Gasteiger partial charge in [0.05, 0.1) is 0 Å². The van der Waals surface area contributed by atoms with Crippen molar-refractivity contribution < 1.29 is 0 Å². The summed E-state index contributed by atoms with van der Waals surface area (Å²) in [6.45, 7) is 19.3. The summed E-state index contributed by atoms with van der Waals surface area (Å²) in [4.78, 5) is 10.2. The van der Waals surface area contributed by atoms with Crippen molar-refractivity contribution in [3.8, 4) is 0 Å². The summed E-state index contributed by atoms with van der Waals surface area (Å²) in [7, 11) is 0. The zero-order valence-corrected chi connectivity index (χ0v) is 15.5. The molecule has 0 spiro atoms. The lowest BCUT2D eigenvalue weighted by molar-refractivity contribution is 0.114. The average molecular weight is 321 g/mol. The lowest BCUT2D eigenvalue weighted by Crippen LogP contribution is -2.45. The van der Waals surface area contributed by atoms with E-state index in [0.29, 0.717) is 6.04 Å². The molecule has 0 aliphatic carbocycles. The monoisotopic (exact) mass is 320 g/mol. The van der Waals surface area contributed by atoms with Gasteiger partial charge in [0.1, 0.15) is 6.67 Å². The molecule has 132 valence electrons. The Morgan fingerprint density at radius 2 is 1.74 bits per heavy atom. The maximum absolute atomic E-state index is 3.67. The first-order valence-electron chi connectivity index (χ1n) is 9.89. The Hall–Kier alpha value is -0.160. The standard InChI is InChI=1S/C19H36N4/c1-17(2)21-12-7-19(8-13-21)23-15-14-20(16-23)9-5-11-22-10-4-6-18(22)3/h17-19H,4-15H2,1-3H3. The van der Waals surface area contributed by atoms with Crippen molar-refractivity contribution in [2.45, 2.75) is 71.0 Å². The van der Waals surface area contributed by atoms with Crippen LogP contribution < -0.4 is 0 Å². The van der Waals surface area contributed by atoms with Crippen LogP contribution in [0.1, 0.15) is 52.9 Å². The number of piperidine rings is 1. The number of hydrogen-bond donors (Lipinski definition) is 0. The van der Waals surface area contributed by atoms with Crippen LogP contribution in [0.25, 0.3) is 0 Å². The van der Waals surface area contributed by atoms with Crippen molar-refractivity contribution in [1.82, 2.24) is 19.6 Å². The van der Waals surface area contributed by atoms with Gasteiger partial charge in [-0.05, 0) is 79.1 Å². The van der Waals surface area contributed by atoms with Gasteiger partial charge in [0.2, 0.25) is 0 Å². The fraction of sp³-hybridized carbons (Fsp3) is 0.947. The molecular formula is C19H36N4. The van der Waals surface area contributed by atoms with E-state index in [1.54, 1.807) is 0 Å². The van der Waals surface area contributed by atoms with Gasteiger partial charge >= 0.3 is 0 Å². The summed E-state index contributed by atoms with van der Waals surface area (Å²) in [6, 6.07) is 2.24. The van der Waals surface area contributed by atoms with Gasteiger partial charge in [0.25, 0.3) is 0 Å². The van der Waals surface area contributed by atoms with Crippen LogP contribution >= 0.6 is 0 Å². The Bertz CT molecular complexity index is 351. The van der Waals surface area contributed by atoms with Crippen LogP contribution in [-0.2, 0) is 0 Å². The van der Waals surface area contributed by atoms with Crippen LogP contribution in [0, 0.1) is 6.67 Å². The first-order chi connectivity index (χ1) is 11.1. The minimum atomic E-state index is 0.701. The van der Waals surface area contributed by atoms with Crippen molar-refractivity contribution in [1.29, 1.82) is 0 Å². The Balaban J connectivity index is 1.33. The van der Waals surface area contributed by atoms with Gasteiger partial charge in [-0.25, -0.2) is 0 Å². The van der Waals surface area contributed by atoms with E-state index < -0.39 is 0 Å². The van der Waals surface area contributed by atoms with Crippen molar-refractivity contribution >= 4 is 0 Å². The number of likely N-dealkylation sites (tertiary alicyclic amines) is 2. The summed E-state index contributed by atoms with van der Waals surface area (Å²) in [5.74, 6) is 0. The van der Waals surface area contributed by atoms with Gasteiger partial charge in [-0.2, -0.15) is 0 Å². The van der Waals surface area contributed by atoms with Crippen LogP contribution in [0.4, 0.5) is 0 Å². The van der Waals surface area contributed by atoms with Gasteiger partial charge in [-0.1, -0.05) is 0 Å². The molecule has 0 aromatic carbocycles. The van der Waals surface area contributed by atoms with Gasteiger partial charge in [0.15, 0.2) is 0 Å². The molecule has 3 aliphatic rings. The summed E-state index contributed by atoms with van der Waals surface area (Å²) in [5.41, 5.74) is 0. The maximum atomic E-state index is 3.67. The lowest BCUT2D eigenvalue weighted by atomic mass is 10.0. The molecule has 0 aromatic rings. The maximum Gasteiger partial charge on any atom is 0.146 e. The van der Waals surface area contributed by atoms with Gasteiger partial charge in [-0.3, -0.25) is 9.80 Å². The Labute approximate surface area is 143 Å². The highest BCUT2D eigenvalue weighted by Gasteiger charge is 2.31. The van der Waals surface area contributed by atoms with Gasteiger partial charge < -0.3 is 9.80 Å². The van der Waals surface area contributed by atoms with Crippen molar-refractivity contribution in [3.05, 3.63) is 6.67 Å². The molecule has 4 heteroatoms. The highest BCUT2D eigenvalue weighted by atomic mass is 15.4. The fourth-order valence-electron chi connectivity index (χ4n) is 4.44. The van der Waals surface area contributed by atoms with E-state index in [9.17, 15) is 0 Å². The van der Waals surface area contributed by atoms with E-state index in [1.165, 1.54) is 77.9 Å². The molecule has 0 amide bonds. The highest BCUT2D eigenvalue weighted by Crippen LogP contribution is 2.23. The molecule has 3 aliphatic heterocycles. The first kappa shape index (κ1) is 17.7. The summed E-state index contributed by atoms with van der Waals surface area (Å²) in [5, 5.41) is 0. The second-order valence-electron chi connectivity index (χ2n) is 8.02. The van der Waals surface area contributed by atoms with E-state index in [1.807, 2.05) is 0 Å². The lowest BCUT2D eigenvalue weighted by Gasteiger charge is -2.38. The second kappa shape index (κ2) is 8.28. The number of nitrogens with zero attached hydrogens (tertiary/aromatic N) is 4. The second-order valence-corrected chi connectivity index (χ2v) is 8.02. The summed E-state index contributed by atoms with van der Waals surface area (Å²) in [6.07, 6.45) is 6.70. The molecule has 4 nitrogen and oxygen atoms in total. The van der Waals surface area contributed by atoms with E-state index in [0.717, 1.165) is 12.1 Å². The van der Waals surface area contributed by atoms with E-state index in [-0.39, 0.29) is 0 Å². The Morgan fingerprint density at radius 3 is 2.39 bits per heavy atom. The van der Waals surface area contributed by atoms with Gasteiger partial charge in [-0.15, -0.1) is 0 Å². The first-order valence-corrected chi connectivity index (χ1v) is 9.89. The topological polar surface area (TPSA) is 13.0 Å². The van der Waals surface area contributed by atoms with Crippen molar-refractivity contribution in [3.63, 3.8) is 0 Å². The smallest absolute Gasteiger partial charge is 0.146 e. The van der Waals surface area contributed by atoms with Crippen LogP contribution in [0.5, 0.6) is 0 Å². The molecular weight excluding hydrogens is 284 g/mol. The quantitative estimate of drug-likeness (QED) is 0.745. The zero-order chi connectivity index (χ0) is 16.2. The molecule has 0 aromatic heterocycles. The largest absolute Gasteiger partial charge is 0.301 e. The average Bonchev–Trinajstić information content (AvgIpc) is 3.17. The zero-order valence-electron chi connectivity index (χ0n) is 15.5. The molecule has 23 heavy (non-hydrogen) atoms. The molecule has 1 unspecified atom stereocenters. The fourth-order valence-corrected chi connectivity index (χ4v) is 4.44. The number of hydrogen-bond acceptors (Lipinski definition) is 4. The van der Waals surface area contributed by atoms with Gasteiger partial charge in [0, 0.05) is 37.8 Å². The minimum Gasteiger partial charge on any atom is -0.301 e. The number of rotatable bonds is 6. The molecule has 3 heterocycles. The Morgan fingerprint density at radius 1 is 0.957 bits per heavy atom. The van der Waals surface area contributed by atoms with Crippen LogP contribution in [0.15, 0.2) is 0 Å². The Kier molecular flexibility index (Phi) is 6.36. The van der Waals surface area contributed by atoms with Crippen LogP contribution in [-0.4, -0.2) is 83.5 Å². The molecule has 3 rings (SSSR count). The molecule has 1 atom stereocenters. The third-order valence-corrected chi connectivity index (χ3v) is 6.11. The highest BCUT2D eigenvalue weighted by molar-refractivity contribution is 4.89. The summed E-state index contributed by atoms with van der Waals surface area (Å²) < 4.78 is 0. The third-order valence-electron chi connectivity index (χ3n) is 6.11. The predicted molar refractivity (Wildman–Crippen MR) is 96.1 cm³/mol. The SMILES string of the molecule is CC(C)N1CCC(N2[C]N(CCCN3CCCC3C)CC2)CC1.